The van der Waals surface area contributed by atoms with E-state index >= 15 is 0 Å². The predicted octanol–water partition coefficient (Wildman–Crippen LogP) is 4.51. The van der Waals surface area contributed by atoms with E-state index in [1.165, 1.54) is 0 Å². The third-order valence-electron chi connectivity index (χ3n) is 6.23. The average molecular weight is 350 g/mol. The molecule has 24 heavy (non-hydrogen) atoms. The molecule has 1 aliphatic heterocycles. The van der Waals surface area contributed by atoms with Crippen LogP contribution in [-0.2, 0) is 10.0 Å². The van der Waals surface area contributed by atoms with Crippen LogP contribution in [0.1, 0.15) is 62.3 Å². The van der Waals surface area contributed by atoms with Gasteiger partial charge in [0, 0.05) is 12.6 Å². The van der Waals surface area contributed by atoms with Gasteiger partial charge in [-0.05, 0) is 80.0 Å². The predicted molar refractivity (Wildman–Crippen MR) is 98.8 cm³/mol. The first-order valence-corrected chi connectivity index (χ1v) is 10.4. The van der Waals surface area contributed by atoms with Crippen molar-refractivity contribution in [1.82, 2.24) is 4.31 Å². The lowest BCUT2D eigenvalue weighted by Crippen LogP contribution is -2.38. The summed E-state index contributed by atoms with van der Waals surface area (Å²) in [7, 11) is -3.45. The van der Waals surface area contributed by atoms with E-state index in [0.717, 1.165) is 41.5 Å². The summed E-state index contributed by atoms with van der Waals surface area (Å²) in [6, 6.07) is 2.24. The van der Waals surface area contributed by atoms with Crippen molar-refractivity contribution in [2.45, 2.75) is 78.7 Å². The van der Waals surface area contributed by atoms with Crippen LogP contribution in [0, 0.1) is 38.5 Å². The molecule has 2 atom stereocenters. The average Bonchev–Trinajstić information content (AvgIpc) is 2.66. The highest BCUT2D eigenvalue weighted by Crippen LogP contribution is 2.54. The number of aryl methyl sites for hydroxylation is 2. The van der Waals surface area contributed by atoms with Gasteiger partial charge in [-0.3, -0.25) is 0 Å². The number of sulfonamides is 1. The molecule has 3 rings (SSSR count). The molecule has 0 radical (unpaired) electrons. The lowest BCUT2D eigenvalue weighted by molar-refractivity contribution is 0.133. The van der Waals surface area contributed by atoms with E-state index in [-0.39, 0.29) is 16.9 Å². The van der Waals surface area contributed by atoms with Gasteiger partial charge in [-0.25, -0.2) is 8.42 Å². The third-order valence-corrected chi connectivity index (χ3v) is 8.40. The molecule has 1 aromatic carbocycles. The fourth-order valence-corrected chi connectivity index (χ4v) is 7.73. The van der Waals surface area contributed by atoms with Crippen LogP contribution in [0.3, 0.4) is 0 Å². The van der Waals surface area contributed by atoms with E-state index < -0.39 is 10.0 Å². The van der Waals surface area contributed by atoms with Crippen molar-refractivity contribution < 1.29 is 8.42 Å². The molecule has 2 aliphatic rings. The lowest BCUT2D eigenvalue weighted by Gasteiger charge is -2.39. The second kappa shape index (κ2) is 5.31. The van der Waals surface area contributed by atoms with E-state index in [2.05, 4.69) is 26.8 Å². The normalized spacial score (nSPS) is 29.9. The molecule has 1 aromatic rings. The van der Waals surface area contributed by atoms with E-state index in [4.69, 9.17) is 0 Å². The molecule has 4 heteroatoms. The molecule has 0 spiro atoms. The summed E-state index contributed by atoms with van der Waals surface area (Å²) < 4.78 is 29.0. The lowest BCUT2D eigenvalue weighted by atomic mass is 9.65. The minimum absolute atomic E-state index is 0.111. The van der Waals surface area contributed by atoms with Crippen LogP contribution in [0.4, 0.5) is 0 Å². The van der Waals surface area contributed by atoms with Gasteiger partial charge in [0.15, 0.2) is 0 Å². The highest BCUT2D eigenvalue weighted by Gasteiger charge is 2.53. The first kappa shape index (κ1) is 17.9. The van der Waals surface area contributed by atoms with E-state index in [0.29, 0.717) is 11.4 Å². The Kier molecular flexibility index (Phi) is 3.97. The third kappa shape index (κ3) is 2.72. The van der Waals surface area contributed by atoms with Crippen LogP contribution in [0.2, 0.25) is 0 Å². The van der Waals surface area contributed by atoms with Crippen molar-refractivity contribution >= 4 is 10.0 Å². The second-order valence-corrected chi connectivity index (χ2v) is 11.2. The van der Waals surface area contributed by atoms with Crippen LogP contribution in [0.5, 0.6) is 0 Å². The molecule has 1 heterocycles. The van der Waals surface area contributed by atoms with Crippen molar-refractivity contribution in [3.8, 4) is 0 Å². The molecule has 2 unspecified atom stereocenters. The monoisotopic (exact) mass is 349 g/mol. The van der Waals surface area contributed by atoms with Crippen molar-refractivity contribution in [3.63, 3.8) is 0 Å². The first-order chi connectivity index (χ1) is 10.9. The molecule has 1 saturated heterocycles. The van der Waals surface area contributed by atoms with Crippen molar-refractivity contribution in [2.24, 2.45) is 10.8 Å². The van der Waals surface area contributed by atoms with Gasteiger partial charge in [0.2, 0.25) is 10.0 Å². The largest absolute Gasteiger partial charge is 0.243 e. The SMILES string of the molecule is Cc1cc(C)c(C)c(S(=O)(=O)N2CC3(C)CC2CC(C)(C)C3)c1C. The fraction of sp³-hybridized carbons (Fsp3) is 0.700. The maximum atomic E-state index is 13.6. The van der Waals surface area contributed by atoms with E-state index in [1.54, 1.807) is 0 Å². The summed E-state index contributed by atoms with van der Waals surface area (Å²) in [5, 5.41) is 0. The number of nitrogens with zero attached hydrogens (tertiary/aromatic N) is 1. The van der Waals surface area contributed by atoms with Gasteiger partial charge >= 0.3 is 0 Å². The summed E-state index contributed by atoms with van der Waals surface area (Å²) in [5.41, 5.74) is 4.26. The van der Waals surface area contributed by atoms with Gasteiger partial charge in [-0.1, -0.05) is 26.8 Å². The van der Waals surface area contributed by atoms with Gasteiger partial charge in [-0.2, -0.15) is 4.31 Å². The number of hydrogen-bond acceptors (Lipinski definition) is 2. The second-order valence-electron chi connectivity index (χ2n) is 9.35. The molecular formula is C20H31NO2S. The Labute approximate surface area is 147 Å². The van der Waals surface area contributed by atoms with Crippen LogP contribution in [-0.4, -0.2) is 25.3 Å². The highest BCUT2D eigenvalue weighted by molar-refractivity contribution is 7.89. The number of benzene rings is 1. The Morgan fingerprint density at radius 2 is 1.54 bits per heavy atom. The van der Waals surface area contributed by atoms with Crippen LogP contribution < -0.4 is 0 Å². The molecule has 1 saturated carbocycles. The van der Waals surface area contributed by atoms with E-state index in [1.807, 2.05) is 32.0 Å². The molecular weight excluding hydrogens is 318 g/mol. The van der Waals surface area contributed by atoms with Gasteiger partial charge in [0.05, 0.1) is 4.90 Å². The van der Waals surface area contributed by atoms with Crippen molar-refractivity contribution in [2.75, 3.05) is 6.54 Å². The summed E-state index contributed by atoms with van der Waals surface area (Å²) in [6.45, 7) is 15.4. The molecule has 134 valence electrons. The molecule has 3 nitrogen and oxygen atoms in total. The fourth-order valence-electron chi connectivity index (χ4n) is 5.37. The molecule has 0 N–H and O–H groups in total. The molecule has 0 amide bonds. The topological polar surface area (TPSA) is 37.4 Å². The maximum Gasteiger partial charge on any atom is 0.243 e. The Hall–Kier alpha value is -0.870. The maximum absolute atomic E-state index is 13.6. The van der Waals surface area contributed by atoms with Crippen molar-refractivity contribution in [3.05, 3.63) is 28.3 Å². The summed E-state index contributed by atoms with van der Waals surface area (Å²) >= 11 is 0. The first-order valence-electron chi connectivity index (χ1n) is 8.96. The Bertz CT molecular complexity index is 768. The number of hydrogen-bond donors (Lipinski definition) is 0. The summed E-state index contributed by atoms with van der Waals surface area (Å²) in [4.78, 5) is 0.550. The van der Waals surface area contributed by atoms with Crippen molar-refractivity contribution in [1.29, 1.82) is 0 Å². The highest BCUT2D eigenvalue weighted by atomic mass is 32.2. The smallest absolute Gasteiger partial charge is 0.207 e. The zero-order chi connectivity index (χ0) is 18.1. The molecule has 2 fully saturated rings. The zero-order valence-corrected chi connectivity index (χ0v) is 17.0. The van der Waals surface area contributed by atoms with E-state index in [9.17, 15) is 8.42 Å². The molecule has 1 aliphatic carbocycles. The summed E-state index contributed by atoms with van der Waals surface area (Å²) in [6.07, 6.45) is 3.07. The quantitative estimate of drug-likeness (QED) is 0.788. The van der Waals surface area contributed by atoms with Crippen LogP contribution in [0.25, 0.3) is 0 Å². The molecule has 2 bridgehead atoms. The minimum atomic E-state index is -3.45. The Morgan fingerprint density at radius 1 is 1.00 bits per heavy atom. The molecule has 0 aromatic heterocycles. The van der Waals surface area contributed by atoms with Gasteiger partial charge in [0.1, 0.15) is 0 Å². The van der Waals surface area contributed by atoms with Gasteiger partial charge in [0.25, 0.3) is 0 Å². The number of rotatable bonds is 2. The standard InChI is InChI=1S/C20H31NO2S/c1-13-8-14(2)16(4)18(15(13)3)24(22,23)21-12-20(7)10-17(21)9-19(5,6)11-20/h8,17H,9-12H2,1-7H3. The van der Waals surface area contributed by atoms with Gasteiger partial charge in [-0.15, -0.1) is 0 Å². The Morgan fingerprint density at radius 3 is 2.08 bits per heavy atom. The van der Waals surface area contributed by atoms with Gasteiger partial charge < -0.3 is 0 Å². The van der Waals surface area contributed by atoms with Crippen LogP contribution >= 0.6 is 0 Å². The Balaban J connectivity index is 2.11. The zero-order valence-electron chi connectivity index (χ0n) is 16.2. The van der Waals surface area contributed by atoms with Crippen LogP contribution in [0.15, 0.2) is 11.0 Å². The summed E-state index contributed by atoms with van der Waals surface area (Å²) in [5.74, 6) is 0. The minimum Gasteiger partial charge on any atom is -0.207 e. The number of fused-ring (bicyclic) bond motifs is 2.